The van der Waals surface area contributed by atoms with E-state index < -0.39 is 23.7 Å². The molecule has 1 aromatic rings. The Morgan fingerprint density at radius 1 is 1.32 bits per heavy atom. The summed E-state index contributed by atoms with van der Waals surface area (Å²) in [7, 11) is 0. The first-order chi connectivity index (χ1) is 8.99. The van der Waals surface area contributed by atoms with Crippen LogP contribution in [0.5, 0.6) is 0 Å². The summed E-state index contributed by atoms with van der Waals surface area (Å²) in [4.78, 5) is 36.0. The van der Waals surface area contributed by atoms with Crippen molar-refractivity contribution >= 4 is 29.2 Å². The number of anilines is 2. The van der Waals surface area contributed by atoms with E-state index in [1.165, 1.54) is 0 Å². The number of nitrogens with two attached hydrogens (primary N) is 1. The van der Waals surface area contributed by atoms with Crippen LogP contribution in [0.2, 0.25) is 0 Å². The van der Waals surface area contributed by atoms with Crippen molar-refractivity contribution < 1.29 is 19.5 Å². The number of amides is 2. The highest BCUT2D eigenvalue weighted by Crippen LogP contribution is 2.42. The number of hydrogen-bond acceptors (Lipinski definition) is 4. The van der Waals surface area contributed by atoms with E-state index in [0.29, 0.717) is 23.4 Å². The largest absolute Gasteiger partial charge is 0.481 e. The average Bonchev–Trinajstić information content (AvgIpc) is 3.06. The third-order valence-electron chi connectivity index (χ3n) is 3.58. The van der Waals surface area contributed by atoms with Crippen molar-refractivity contribution in [2.75, 3.05) is 10.6 Å². The Morgan fingerprint density at radius 2 is 2.05 bits per heavy atom. The number of hydrogen-bond donors (Lipinski definition) is 2. The maximum absolute atomic E-state index is 12.2. The van der Waals surface area contributed by atoms with Gasteiger partial charge in [-0.05, 0) is 30.2 Å². The van der Waals surface area contributed by atoms with Crippen molar-refractivity contribution in [2.24, 2.45) is 11.8 Å². The van der Waals surface area contributed by atoms with Gasteiger partial charge in [0.25, 0.3) is 0 Å². The zero-order valence-electron chi connectivity index (χ0n) is 10.00. The zero-order chi connectivity index (χ0) is 13.7. The Labute approximate surface area is 108 Å². The monoisotopic (exact) mass is 260 g/mol. The van der Waals surface area contributed by atoms with E-state index in [9.17, 15) is 14.4 Å². The molecule has 1 heterocycles. The van der Waals surface area contributed by atoms with Crippen LogP contribution in [0.25, 0.3) is 0 Å². The summed E-state index contributed by atoms with van der Waals surface area (Å²) in [6.45, 7) is 0. The highest BCUT2D eigenvalue weighted by molar-refractivity contribution is 6.21. The van der Waals surface area contributed by atoms with Gasteiger partial charge in [-0.1, -0.05) is 0 Å². The van der Waals surface area contributed by atoms with Gasteiger partial charge >= 0.3 is 5.97 Å². The van der Waals surface area contributed by atoms with Gasteiger partial charge in [-0.25, -0.2) is 4.90 Å². The maximum Gasteiger partial charge on any atom is 0.307 e. The lowest BCUT2D eigenvalue weighted by atomic mass is 10.1. The SMILES string of the molecule is Nc1ccc2c(c1)CC(=O)N2C(=O)C1CC1C(=O)O. The van der Waals surface area contributed by atoms with Crippen LogP contribution in [0.3, 0.4) is 0 Å². The number of imide groups is 1. The second kappa shape index (κ2) is 3.81. The van der Waals surface area contributed by atoms with E-state index in [1.54, 1.807) is 18.2 Å². The first kappa shape index (κ1) is 11.7. The fourth-order valence-electron chi connectivity index (χ4n) is 2.49. The molecule has 1 saturated carbocycles. The third-order valence-corrected chi connectivity index (χ3v) is 3.58. The van der Waals surface area contributed by atoms with E-state index in [4.69, 9.17) is 10.8 Å². The van der Waals surface area contributed by atoms with Gasteiger partial charge in [-0.3, -0.25) is 14.4 Å². The number of nitrogen functional groups attached to an aromatic ring is 1. The summed E-state index contributed by atoms with van der Waals surface area (Å²) in [6.07, 6.45) is 0.443. The molecule has 2 unspecified atom stereocenters. The Kier molecular flexibility index (Phi) is 2.35. The second-order valence-electron chi connectivity index (χ2n) is 4.92. The standard InChI is InChI=1S/C13H12N2O4/c14-7-1-2-10-6(3-7)4-11(16)15(10)12(17)8-5-9(8)13(18)19/h1-3,8-9H,4-5,14H2,(H,18,19). The van der Waals surface area contributed by atoms with Gasteiger partial charge in [-0.2, -0.15) is 0 Å². The number of carboxylic acids is 1. The summed E-state index contributed by atoms with van der Waals surface area (Å²) >= 11 is 0. The number of aliphatic carboxylic acids is 1. The molecule has 6 heteroatoms. The number of carbonyl (C=O) groups excluding carboxylic acids is 2. The van der Waals surface area contributed by atoms with Gasteiger partial charge in [0.05, 0.1) is 23.9 Å². The number of fused-ring (bicyclic) bond motifs is 1. The van der Waals surface area contributed by atoms with Gasteiger partial charge in [0, 0.05) is 5.69 Å². The minimum Gasteiger partial charge on any atom is -0.481 e. The fraction of sp³-hybridized carbons (Fsp3) is 0.308. The molecule has 2 atom stereocenters. The highest BCUT2D eigenvalue weighted by atomic mass is 16.4. The summed E-state index contributed by atoms with van der Waals surface area (Å²) < 4.78 is 0. The molecule has 2 amide bonds. The van der Waals surface area contributed by atoms with Crippen LogP contribution >= 0.6 is 0 Å². The molecule has 3 rings (SSSR count). The zero-order valence-corrected chi connectivity index (χ0v) is 10.00. The molecule has 19 heavy (non-hydrogen) atoms. The van der Waals surface area contributed by atoms with Crippen LogP contribution in [0.4, 0.5) is 11.4 Å². The van der Waals surface area contributed by atoms with Gasteiger partial charge in [0.1, 0.15) is 0 Å². The van der Waals surface area contributed by atoms with Gasteiger partial charge in [0.15, 0.2) is 0 Å². The molecular formula is C13H12N2O4. The summed E-state index contributed by atoms with van der Waals surface area (Å²) in [5, 5.41) is 8.84. The Bertz CT molecular complexity index is 611. The van der Waals surface area contributed by atoms with Gasteiger partial charge in [-0.15, -0.1) is 0 Å². The van der Waals surface area contributed by atoms with E-state index in [2.05, 4.69) is 0 Å². The minimum absolute atomic E-state index is 0.135. The summed E-state index contributed by atoms with van der Waals surface area (Å²) in [5.41, 5.74) is 7.42. The summed E-state index contributed by atoms with van der Waals surface area (Å²) in [5.74, 6) is -2.95. The van der Waals surface area contributed by atoms with E-state index >= 15 is 0 Å². The van der Waals surface area contributed by atoms with E-state index in [0.717, 1.165) is 4.90 Å². The van der Waals surface area contributed by atoms with Crippen LogP contribution < -0.4 is 10.6 Å². The van der Waals surface area contributed by atoms with Crippen LogP contribution in [0, 0.1) is 11.8 Å². The lowest BCUT2D eigenvalue weighted by molar-refractivity contribution is -0.140. The average molecular weight is 260 g/mol. The lowest BCUT2D eigenvalue weighted by Gasteiger charge is -2.15. The first-order valence-electron chi connectivity index (χ1n) is 5.97. The number of nitrogens with zero attached hydrogens (tertiary/aromatic N) is 1. The van der Waals surface area contributed by atoms with E-state index in [-0.39, 0.29) is 12.3 Å². The first-order valence-corrected chi connectivity index (χ1v) is 5.97. The minimum atomic E-state index is -0.984. The molecule has 0 bridgehead atoms. The van der Waals surface area contributed by atoms with Crippen molar-refractivity contribution in [3.63, 3.8) is 0 Å². The highest BCUT2D eigenvalue weighted by Gasteiger charge is 2.52. The Hall–Kier alpha value is -2.37. The van der Waals surface area contributed by atoms with Gasteiger partial charge in [0.2, 0.25) is 11.8 Å². The van der Waals surface area contributed by atoms with Crippen molar-refractivity contribution in [3.05, 3.63) is 23.8 Å². The molecule has 0 radical (unpaired) electrons. The number of carbonyl (C=O) groups is 3. The predicted octanol–water partition coefficient (Wildman–Crippen LogP) is 0.405. The molecular weight excluding hydrogens is 248 g/mol. The molecule has 0 aromatic heterocycles. The van der Waals surface area contributed by atoms with Crippen LogP contribution in [0.15, 0.2) is 18.2 Å². The molecule has 2 aliphatic rings. The predicted molar refractivity (Wildman–Crippen MR) is 66.3 cm³/mol. The van der Waals surface area contributed by atoms with Crippen molar-refractivity contribution in [2.45, 2.75) is 12.8 Å². The van der Waals surface area contributed by atoms with Crippen molar-refractivity contribution in [1.82, 2.24) is 0 Å². The Morgan fingerprint density at radius 3 is 2.68 bits per heavy atom. The summed E-state index contributed by atoms with van der Waals surface area (Å²) in [6, 6.07) is 4.92. The van der Waals surface area contributed by atoms with Gasteiger partial charge < -0.3 is 10.8 Å². The lowest BCUT2D eigenvalue weighted by Crippen LogP contribution is -2.35. The van der Waals surface area contributed by atoms with Crippen molar-refractivity contribution in [1.29, 1.82) is 0 Å². The van der Waals surface area contributed by atoms with Crippen LogP contribution in [-0.2, 0) is 20.8 Å². The van der Waals surface area contributed by atoms with Crippen molar-refractivity contribution in [3.8, 4) is 0 Å². The molecule has 98 valence electrons. The molecule has 0 spiro atoms. The molecule has 1 aliphatic carbocycles. The topological polar surface area (TPSA) is 101 Å². The van der Waals surface area contributed by atoms with E-state index in [1.807, 2.05) is 0 Å². The van der Waals surface area contributed by atoms with Crippen LogP contribution in [0.1, 0.15) is 12.0 Å². The molecule has 1 aliphatic heterocycles. The molecule has 1 aromatic carbocycles. The fourth-order valence-corrected chi connectivity index (χ4v) is 2.49. The quantitative estimate of drug-likeness (QED) is 0.592. The normalized spacial score (nSPS) is 24.2. The Balaban J connectivity index is 1.89. The third kappa shape index (κ3) is 1.76. The second-order valence-corrected chi connectivity index (χ2v) is 4.92. The smallest absolute Gasteiger partial charge is 0.307 e. The number of benzene rings is 1. The van der Waals surface area contributed by atoms with Crippen LogP contribution in [-0.4, -0.2) is 22.9 Å². The number of carboxylic acid groups (broad SMARTS) is 1. The molecule has 6 nitrogen and oxygen atoms in total. The molecule has 0 saturated heterocycles. The number of rotatable bonds is 2. The maximum atomic E-state index is 12.2. The molecule has 1 fully saturated rings. The molecule has 3 N–H and O–H groups in total.